The van der Waals surface area contributed by atoms with Crippen molar-refractivity contribution in [2.45, 2.75) is 0 Å². The highest BCUT2D eigenvalue weighted by atomic mass is 35.5. The third-order valence-corrected chi connectivity index (χ3v) is 3.92. The molecule has 1 aromatic heterocycles. The zero-order chi connectivity index (χ0) is 19.2. The van der Waals surface area contributed by atoms with Crippen LogP contribution in [0.5, 0.6) is 11.5 Å². The molecule has 0 aliphatic rings. The van der Waals surface area contributed by atoms with Crippen molar-refractivity contribution >= 4 is 34.7 Å². The molecule has 0 spiro atoms. The quantitative estimate of drug-likeness (QED) is 0.664. The molecule has 0 radical (unpaired) electrons. The van der Waals surface area contributed by atoms with E-state index in [1.165, 1.54) is 6.33 Å². The lowest BCUT2D eigenvalue weighted by atomic mass is 10.2. The summed E-state index contributed by atoms with van der Waals surface area (Å²) in [4.78, 5) is 20.6. The van der Waals surface area contributed by atoms with Crippen LogP contribution in [0.4, 0.5) is 17.2 Å². The Balaban J connectivity index is 1.79. The Morgan fingerprint density at radius 3 is 2.48 bits per heavy atom. The van der Waals surface area contributed by atoms with E-state index in [2.05, 4.69) is 20.6 Å². The normalized spacial score (nSPS) is 10.2. The minimum Gasteiger partial charge on any atom is -0.497 e. The van der Waals surface area contributed by atoms with Gasteiger partial charge in [-0.15, -0.1) is 0 Å². The second-order valence-electron chi connectivity index (χ2n) is 5.44. The number of halogens is 1. The van der Waals surface area contributed by atoms with Gasteiger partial charge in [0.05, 0.1) is 19.9 Å². The molecule has 7 nitrogen and oxygen atoms in total. The first kappa shape index (κ1) is 18.5. The Morgan fingerprint density at radius 1 is 1.00 bits per heavy atom. The second-order valence-corrected chi connectivity index (χ2v) is 5.88. The van der Waals surface area contributed by atoms with Gasteiger partial charge in [0, 0.05) is 22.8 Å². The fraction of sp³-hybridized carbons (Fsp3) is 0.105. The largest absolute Gasteiger partial charge is 0.497 e. The zero-order valence-electron chi connectivity index (χ0n) is 14.7. The molecule has 1 heterocycles. The number of ether oxygens (including phenoxy) is 2. The van der Waals surface area contributed by atoms with Gasteiger partial charge in [-0.25, -0.2) is 9.97 Å². The van der Waals surface area contributed by atoms with Gasteiger partial charge in [-0.3, -0.25) is 4.79 Å². The smallest absolute Gasteiger partial charge is 0.274 e. The van der Waals surface area contributed by atoms with Gasteiger partial charge in [0.15, 0.2) is 0 Å². The molecule has 0 fully saturated rings. The number of nitrogens with zero attached hydrogens (tertiary/aromatic N) is 2. The van der Waals surface area contributed by atoms with E-state index in [1.807, 2.05) is 0 Å². The first-order chi connectivity index (χ1) is 13.1. The lowest BCUT2D eigenvalue weighted by Crippen LogP contribution is -2.14. The number of carbonyl (C=O) groups excluding carboxylic acids is 1. The van der Waals surface area contributed by atoms with E-state index in [0.29, 0.717) is 33.7 Å². The van der Waals surface area contributed by atoms with Crippen LogP contribution in [0.3, 0.4) is 0 Å². The van der Waals surface area contributed by atoms with Gasteiger partial charge in [0.25, 0.3) is 5.91 Å². The second kappa shape index (κ2) is 8.37. The molecular weight excluding hydrogens is 368 g/mol. The van der Waals surface area contributed by atoms with E-state index in [-0.39, 0.29) is 11.6 Å². The van der Waals surface area contributed by atoms with Crippen LogP contribution in [-0.2, 0) is 0 Å². The van der Waals surface area contributed by atoms with E-state index in [4.69, 9.17) is 21.1 Å². The van der Waals surface area contributed by atoms with Crippen molar-refractivity contribution in [3.05, 3.63) is 65.6 Å². The molecule has 0 saturated heterocycles. The molecule has 1 amide bonds. The van der Waals surface area contributed by atoms with Crippen LogP contribution in [0.2, 0.25) is 5.02 Å². The number of methoxy groups -OCH3 is 2. The third-order valence-electron chi connectivity index (χ3n) is 3.67. The summed E-state index contributed by atoms with van der Waals surface area (Å²) >= 11 is 5.85. The Morgan fingerprint density at radius 2 is 1.78 bits per heavy atom. The Hall–Kier alpha value is -3.32. The Bertz CT molecular complexity index is 948. The molecule has 0 atom stereocenters. The summed E-state index contributed by atoms with van der Waals surface area (Å²) in [7, 11) is 3.15. The maximum atomic E-state index is 12.4. The van der Waals surface area contributed by atoms with Crippen LogP contribution in [0, 0.1) is 0 Å². The summed E-state index contributed by atoms with van der Waals surface area (Å²) in [6, 6.07) is 13.7. The van der Waals surface area contributed by atoms with Crippen molar-refractivity contribution in [3.8, 4) is 11.5 Å². The molecule has 2 aromatic carbocycles. The number of anilines is 3. The summed E-state index contributed by atoms with van der Waals surface area (Å²) in [5, 5.41) is 6.46. The zero-order valence-corrected chi connectivity index (χ0v) is 15.4. The van der Waals surface area contributed by atoms with Gasteiger partial charge in [0.1, 0.15) is 29.3 Å². The molecule has 0 unspecified atom stereocenters. The monoisotopic (exact) mass is 384 g/mol. The minimum absolute atomic E-state index is 0.212. The molecule has 2 N–H and O–H groups in total. The predicted molar refractivity (Wildman–Crippen MR) is 104 cm³/mol. The van der Waals surface area contributed by atoms with E-state index >= 15 is 0 Å². The topological polar surface area (TPSA) is 85.4 Å². The highest BCUT2D eigenvalue weighted by molar-refractivity contribution is 6.30. The summed E-state index contributed by atoms with van der Waals surface area (Å²) in [6.45, 7) is 0. The molecule has 138 valence electrons. The Kier molecular flexibility index (Phi) is 5.73. The number of nitrogens with one attached hydrogen (secondary N) is 2. The van der Waals surface area contributed by atoms with Gasteiger partial charge >= 0.3 is 0 Å². The molecule has 3 rings (SSSR count). The summed E-state index contributed by atoms with van der Waals surface area (Å²) in [5.74, 6) is 1.35. The van der Waals surface area contributed by atoms with Crippen molar-refractivity contribution in [1.29, 1.82) is 0 Å². The van der Waals surface area contributed by atoms with E-state index in [1.54, 1.807) is 62.8 Å². The number of rotatable bonds is 6. The van der Waals surface area contributed by atoms with Crippen LogP contribution in [0.25, 0.3) is 0 Å². The number of amides is 1. The average Bonchev–Trinajstić information content (AvgIpc) is 2.70. The molecular formula is C19H17ClN4O3. The summed E-state index contributed by atoms with van der Waals surface area (Å²) in [6.07, 6.45) is 1.31. The molecule has 0 saturated carbocycles. The maximum Gasteiger partial charge on any atom is 0.274 e. The first-order valence-electron chi connectivity index (χ1n) is 7.97. The van der Waals surface area contributed by atoms with Gasteiger partial charge in [-0.05, 0) is 36.4 Å². The minimum atomic E-state index is -0.361. The van der Waals surface area contributed by atoms with Crippen molar-refractivity contribution in [2.24, 2.45) is 0 Å². The number of benzene rings is 2. The van der Waals surface area contributed by atoms with E-state index in [9.17, 15) is 4.79 Å². The number of aromatic nitrogens is 2. The predicted octanol–water partition coefficient (Wildman–Crippen LogP) is 4.14. The lowest BCUT2D eigenvalue weighted by molar-refractivity contribution is 0.102. The summed E-state index contributed by atoms with van der Waals surface area (Å²) < 4.78 is 10.6. The molecule has 27 heavy (non-hydrogen) atoms. The fourth-order valence-electron chi connectivity index (χ4n) is 2.33. The van der Waals surface area contributed by atoms with Crippen LogP contribution in [0.1, 0.15) is 10.5 Å². The van der Waals surface area contributed by atoms with Crippen molar-refractivity contribution < 1.29 is 14.3 Å². The maximum absolute atomic E-state index is 12.4. The number of hydrogen-bond donors (Lipinski definition) is 2. The van der Waals surface area contributed by atoms with Gasteiger partial charge in [-0.1, -0.05) is 11.6 Å². The third kappa shape index (κ3) is 4.65. The van der Waals surface area contributed by atoms with Gasteiger partial charge < -0.3 is 20.1 Å². The van der Waals surface area contributed by atoms with Crippen LogP contribution >= 0.6 is 11.6 Å². The number of hydrogen-bond acceptors (Lipinski definition) is 6. The first-order valence-corrected chi connectivity index (χ1v) is 8.35. The fourth-order valence-corrected chi connectivity index (χ4v) is 2.45. The average molecular weight is 385 g/mol. The van der Waals surface area contributed by atoms with E-state index in [0.717, 1.165) is 0 Å². The number of carbonyl (C=O) groups is 1. The van der Waals surface area contributed by atoms with E-state index < -0.39 is 0 Å². The van der Waals surface area contributed by atoms with Crippen molar-refractivity contribution in [3.63, 3.8) is 0 Å². The molecule has 8 heteroatoms. The highest BCUT2D eigenvalue weighted by Crippen LogP contribution is 2.31. The van der Waals surface area contributed by atoms with Crippen LogP contribution in [-0.4, -0.2) is 30.1 Å². The summed E-state index contributed by atoms with van der Waals surface area (Å²) in [5.41, 5.74) is 1.48. The van der Waals surface area contributed by atoms with Crippen molar-refractivity contribution in [1.82, 2.24) is 9.97 Å². The highest BCUT2D eigenvalue weighted by Gasteiger charge is 2.11. The van der Waals surface area contributed by atoms with Gasteiger partial charge in [-0.2, -0.15) is 0 Å². The van der Waals surface area contributed by atoms with Gasteiger partial charge in [0.2, 0.25) is 0 Å². The molecule has 0 aliphatic heterocycles. The SMILES string of the molecule is COc1ccc(OC)c(Nc2cc(C(=O)Nc3ccc(Cl)cc3)ncn2)c1. The van der Waals surface area contributed by atoms with Crippen molar-refractivity contribution in [2.75, 3.05) is 24.9 Å². The lowest BCUT2D eigenvalue weighted by Gasteiger charge is -2.12. The molecule has 0 aliphatic carbocycles. The standard InChI is InChI=1S/C19H17ClN4O3/c1-26-14-7-8-17(27-2)15(9-14)24-18-10-16(21-11-22-18)19(25)23-13-5-3-12(20)4-6-13/h3-11H,1-2H3,(H,23,25)(H,21,22,24). The molecule has 0 bridgehead atoms. The van der Waals surface area contributed by atoms with Crippen LogP contribution < -0.4 is 20.1 Å². The van der Waals surface area contributed by atoms with Crippen LogP contribution in [0.15, 0.2) is 54.9 Å². The molecule has 3 aromatic rings. The Labute approximate surface area is 161 Å².